The van der Waals surface area contributed by atoms with Crippen molar-refractivity contribution in [2.75, 3.05) is 0 Å². The fourth-order valence-corrected chi connectivity index (χ4v) is 2.12. The molecular weight excluding hydrogens is 260 g/mol. The average Bonchev–Trinajstić information content (AvgIpc) is 2.23. The van der Waals surface area contributed by atoms with Crippen molar-refractivity contribution >= 4 is 21.7 Å². The highest BCUT2D eigenvalue weighted by Crippen LogP contribution is 2.23. The highest BCUT2D eigenvalue weighted by molar-refractivity contribution is 9.10. The zero-order chi connectivity index (χ0) is 11.0. The second kappa shape index (κ2) is 3.63. The molecule has 1 N–H and O–H groups in total. The first-order chi connectivity index (χ1) is 7.13. The summed E-state index contributed by atoms with van der Waals surface area (Å²) in [6.45, 7) is 0. The van der Waals surface area contributed by atoms with Gasteiger partial charge in [-0.25, -0.2) is 0 Å². The predicted octanol–water partition coefficient (Wildman–Crippen LogP) is 1.14. The molecule has 1 aliphatic carbocycles. The number of aromatic nitrogens is 1. The van der Waals surface area contributed by atoms with E-state index < -0.39 is 5.56 Å². The zero-order valence-corrected chi connectivity index (χ0v) is 9.30. The number of aromatic amines is 1. The Morgan fingerprint density at radius 2 is 2.27 bits per heavy atom. The maximum absolute atomic E-state index is 11.7. The zero-order valence-electron chi connectivity index (χ0n) is 7.71. The van der Waals surface area contributed by atoms with Gasteiger partial charge in [0.2, 0.25) is 0 Å². The Morgan fingerprint density at radius 3 is 2.93 bits per heavy atom. The van der Waals surface area contributed by atoms with Crippen LogP contribution in [0.5, 0.6) is 0 Å². The molecule has 1 unspecified atom stereocenters. The third-order valence-corrected chi connectivity index (χ3v) is 3.31. The average molecular weight is 267 g/mol. The summed E-state index contributed by atoms with van der Waals surface area (Å²) in [5.41, 5.74) is 0.666. The van der Waals surface area contributed by atoms with Crippen molar-refractivity contribution in [2.24, 2.45) is 0 Å². The monoisotopic (exact) mass is 266 g/mol. The van der Waals surface area contributed by atoms with Crippen molar-refractivity contribution in [3.8, 4) is 6.07 Å². The number of pyridine rings is 1. The van der Waals surface area contributed by atoms with E-state index in [0.717, 1.165) is 0 Å². The molecule has 0 saturated carbocycles. The molecule has 2 rings (SSSR count). The highest BCUT2D eigenvalue weighted by Gasteiger charge is 2.26. The second-order valence-corrected chi connectivity index (χ2v) is 4.49. The van der Waals surface area contributed by atoms with Crippen LogP contribution in [0.3, 0.4) is 0 Å². The molecule has 0 amide bonds. The molecule has 76 valence electrons. The lowest BCUT2D eigenvalue weighted by Crippen LogP contribution is -2.27. The minimum Gasteiger partial charge on any atom is -0.324 e. The predicted molar refractivity (Wildman–Crippen MR) is 57.1 cm³/mol. The molecule has 15 heavy (non-hydrogen) atoms. The molecule has 0 bridgehead atoms. The Morgan fingerprint density at radius 1 is 1.53 bits per heavy atom. The molecule has 0 aliphatic heterocycles. The van der Waals surface area contributed by atoms with Crippen molar-refractivity contribution < 1.29 is 4.79 Å². The van der Waals surface area contributed by atoms with E-state index in [2.05, 4.69) is 20.9 Å². The fourth-order valence-electron chi connectivity index (χ4n) is 1.64. The Labute approximate surface area is 94.1 Å². The number of hydrogen-bond acceptors (Lipinski definition) is 3. The number of rotatable bonds is 0. The number of nitrogens with zero attached hydrogens (tertiary/aromatic N) is 1. The van der Waals surface area contributed by atoms with Crippen LogP contribution < -0.4 is 5.56 Å². The summed E-state index contributed by atoms with van der Waals surface area (Å²) in [6.07, 6.45) is 1.33. The lowest BCUT2D eigenvalue weighted by Gasteiger charge is -2.18. The number of alkyl halides is 1. The van der Waals surface area contributed by atoms with Gasteiger partial charge >= 0.3 is 0 Å². The van der Waals surface area contributed by atoms with Crippen LogP contribution in [0.1, 0.15) is 28.0 Å². The number of nitriles is 1. The van der Waals surface area contributed by atoms with Crippen molar-refractivity contribution in [1.29, 1.82) is 5.26 Å². The first-order valence-corrected chi connectivity index (χ1v) is 5.39. The largest absolute Gasteiger partial charge is 0.324 e. The van der Waals surface area contributed by atoms with Gasteiger partial charge < -0.3 is 4.98 Å². The summed E-state index contributed by atoms with van der Waals surface area (Å²) in [5.74, 6) is -0.0657. The first kappa shape index (κ1) is 10.1. The van der Waals surface area contributed by atoms with E-state index in [1.54, 1.807) is 6.07 Å². The maximum atomic E-state index is 11.7. The van der Waals surface area contributed by atoms with E-state index in [0.29, 0.717) is 24.1 Å². The first-order valence-electron chi connectivity index (χ1n) is 4.48. The lowest BCUT2D eigenvalue weighted by atomic mass is 9.94. The van der Waals surface area contributed by atoms with Gasteiger partial charge in [0.15, 0.2) is 5.78 Å². The van der Waals surface area contributed by atoms with E-state index in [4.69, 9.17) is 5.26 Å². The summed E-state index contributed by atoms with van der Waals surface area (Å²) in [4.78, 5) is 25.4. The number of hydrogen-bond donors (Lipinski definition) is 1. The van der Waals surface area contributed by atoms with E-state index >= 15 is 0 Å². The number of aryl methyl sites for hydroxylation is 1. The fraction of sp³-hybridized carbons (Fsp3) is 0.300. The topological polar surface area (TPSA) is 73.7 Å². The van der Waals surface area contributed by atoms with E-state index in [-0.39, 0.29) is 16.2 Å². The van der Waals surface area contributed by atoms with Crippen molar-refractivity contribution in [1.82, 2.24) is 4.98 Å². The molecule has 0 saturated heterocycles. The molecule has 0 spiro atoms. The molecule has 1 aromatic rings. The molecule has 0 fully saturated rings. The molecule has 1 heterocycles. The van der Waals surface area contributed by atoms with Crippen molar-refractivity contribution in [3.05, 3.63) is 33.2 Å². The highest BCUT2D eigenvalue weighted by atomic mass is 79.9. The van der Waals surface area contributed by atoms with Gasteiger partial charge in [0.1, 0.15) is 11.6 Å². The number of fused-ring (bicyclic) bond motifs is 1. The third kappa shape index (κ3) is 1.61. The molecule has 1 aromatic heterocycles. The normalized spacial score (nSPS) is 19.5. The second-order valence-electron chi connectivity index (χ2n) is 3.39. The number of carbonyl (C=O) groups is 1. The standard InChI is InChI=1S/C10H7BrN2O2/c11-7-1-2-8-6(9(7)14)3-5(4-12)10(15)13-8/h3,7H,1-2H2,(H,13,15). The third-order valence-electron chi connectivity index (χ3n) is 2.44. The van der Waals surface area contributed by atoms with Gasteiger partial charge in [-0.3, -0.25) is 9.59 Å². The number of H-pyrrole nitrogens is 1. The quantitative estimate of drug-likeness (QED) is 0.716. The van der Waals surface area contributed by atoms with Gasteiger partial charge in [0.25, 0.3) is 5.56 Å². The van der Waals surface area contributed by atoms with Crippen LogP contribution in [-0.4, -0.2) is 15.6 Å². The van der Waals surface area contributed by atoms with Crippen LogP contribution in [0.25, 0.3) is 0 Å². The molecule has 1 aliphatic rings. The number of Topliss-reactive ketones (excluding diaryl/α,β-unsaturated/α-hetero) is 1. The molecule has 0 radical (unpaired) electrons. The summed E-state index contributed by atoms with van der Waals surface area (Å²) in [5, 5.41) is 8.68. The van der Waals surface area contributed by atoms with Gasteiger partial charge in [-0.15, -0.1) is 0 Å². The van der Waals surface area contributed by atoms with Gasteiger partial charge in [0, 0.05) is 11.3 Å². The summed E-state index contributed by atoms with van der Waals surface area (Å²) in [7, 11) is 0. The smallest absolute Gasteiger partial charge is 0.266 e. The Hall–Kier alpha value is -1.41. The van der Waals surface area contributed by atoms with E-state index in [9.17, 15) is 9.59 Å². The van der Waals surface area contributed by atoms with Crippen LogP contribution in [0, 0.1) is 11.3 Å². The minimum absolute atomic E-state index is 0.0105. The minimum atomic E-state index is -0.419. The van der Waals surface area contributed by atoms with E-state index in [1.807, 2.05) is 0 Å². The van der Waals surface area contributed by atoms with Gasteiger partial charge in [0.05, 0.1) is 4.83 Å². The van der Waals surface area contributed by atoms with Gasteiger partial charge in [-0.1, -0.05) is 15.9 Å². The van der Waals surface area contributed by atoms with Gasteiger partial charge in [-0.2, -0.15) is 5.26 Å². The summed E-state index contributed by atoms with van der Waals surface area (Å²) in [6, 6.07) is 3.15. The van der Waals surface area contributed by atoms with Crippen molar-refractivity contribution in [3.63, 3.8) is 0 Å². The van der Waals surface area contributed by atoms with Crippen LogP contribution in [-0.2, 0) is 6.42 Å². The molecule has 0 aromatic carbocycles. The Balaban J connectivity index is 2.65. The van der Waals surface area contributed by atoms with Gasteiger partial charge in [-0.05, 0) is 18.9 Å². The van der Waals surface area contributed by atoms with E-state index in [1.165, 1.54) is 6.07 Å². The lowest BCUT2D eigenvalue weighted by molar-refractivity contribution is 0.0980. The van der Waals surface area contributed by atoms with Crippen LogP contribution in [0.2, 0.25) is 0 Å². The summed E-state index contributed by atoms with van der Waals surface area (Å²) < 4.78 is 0. The molecule has 4 nitrogen and oxygen atoms in total. The number of ketones is 1. The number of halogens is 1. The number of nitrogens with one attached hydrogen (secondary N) is 1. The van der Waals surface area contributed by atoms with Crippen molar-refractivity contribution in [2.45, 2.75) is 17.7 Å². The SMILES string of the molecule is N#Cc1cc2c([nH]c1=O)CCC(Br)C2=O. The molecule has 1 atom stereocenters. The van der Waals surface area contributed by atoms with Crippen LogP contribution >= 0.6 is 15.9 Å². The Bertz CT molecular complexity index is 527. The molecular formula is C10H7BrN2O2. The van der Waals surface area contributed by atoms with Crippen LogP contribution in [0.4, 0.5) is 0 Å². The number of carbonyl (C=O) groups excluding carboxylic acids is 1. The maximum Gasteiger partial charge on any atom is 0.266 e. The van der Waals surface area contributed by atoms with Crippen LogP contribution in [0.15, 0.2) is 10.9 Å². The molecule has 5 heteroatoms. The Kier molecular flexibility index (Phi) is 2.45. The summed E-state index contributed by atoms with van der Waals surface area (Å²) >= 11 is 3.26.